The fourth-order valence-electron chi connectivity index (χ4n) is 17.4. The van der Waals surface area contributed by atoms with Crippen LogP contribution < -0.4 is 11.0 Å². The van der Waals surface area contributed by atoms with Crippen LogP contribution in [0.5, 0.6) is 0 Å². The molecule has 0 saturated heterocycles. The third kappa shape index (κ3) is 16.0. The molecular weight excluding hydrogens is 1560 g/mol. The maximum Gasteiger partial charge on any atom is 0.582 e. The van der Waals surface area contributed by atoms with E-state index in [-0.39, 0.29) is 21.7 Å². The predicted octanol–water partition coefficient (Wildman–Crippen LogP) is 20.7. The average molecular weight is 1650 g/mol. The van der Waals surface area contributed by atoms with Gasteiger partial charge in [0.05, 0.1) is 24.0 Å². The first-order valence-electron chi connectivity index (χ1n) is 40.6. The molecule has 0 spiro atoms. The molecular formula is C92H94N8O12S2Si3. The number of unbranched alkanes of at least 4 members (excludes halogenated alkanes) is 14. The summed E-state index contributed by atoms with van der Waals surface area (Å²) in [6.45, 7) is 9.10. The zero-order chi connectivity index (χ0) is 81.4. The van der Waals surface area contributed by atoms with Crippen molar-refractivity contribution in [3.8, 4) is 44.5 Å². The summed E-state index contributed by atoms with van der Waals surface area (Å²) in [5.41, 5.74) is 8.67. The number of fused-ring (bicyclic) bond motifs is 16. The first kappa shape index (κ1) is 80.2. The number of carbonyl (C=O) groups is 2. The van der Waals surface area contributed by atoms with E-state index in [0.717, 1.165) is 114 Å². The summed E-state index contributed by atoms with van der Waals surface area (Å²) in [6, 6.07) is 66.3. The van der Waals surface area contributed by atoms with Crippen molar-refractivity contribution < 1.29 is 53.2 Å². The number of aliphatic imine (C=N–C) groups is 4. The number of nitrogens with zero attached hydrogens (tertiary/aromatic N) is 8. The fraction of sp³-hybridized carbons (Fsp3) is 0.283. The summed E-state index contributed by atoms with van der Waals surface area (Å²) >= 11 is 0. The minimum absolute atomic E-state index is 0.194. The van der Waals surface area contributed by atoms with Crippen LogP contribution in [0.4, 0.5) is 11.6 Å². The largest absolute Gasteiger partial charge is 0.582 e. The quantitative estimate of drug-likeness (QED) is 0.0173. The lowest BCUT2D eigenvalue weighted by molar-refractivity contribution is -0.141. The normalized spacial score (nSPS) is 14.2. The molecule has 2 N–H and O–H groups in total. The second kappa shape index (κ2) is 33.4. The Kier molecular flexibility index (Phi) is 22.9. The Morgan fingerprint density at radius 3 is 0.974 bits per heavy atom. The molecule has 6 bridgehead atoms. The molecule has 0 amide bonds. The number of hydrogen-bond donors (Lipinski definition) is 2. The predicted molar refractivity (Wildman–Crippen MR) is 471 cm³/mol. The molecule has 4 aliphatic heterocycles. The van der Waals surface area contributed by atoms with Gasteiger partial charge in [0.1, 0.15) is 22.6 Å². The molecule has 4 aliphatic rings. The van der Waals surface area contributed by atoms with Crippen molar-refractivity contribution in [2.75, 3.05) is 14.2 Å². The molecule has 0 atom stereocenters. The molecule has 12 aromatic rings. The summed E-state index contributed by atoms with van der Waals surface area (Å²) in [6.07, 6.45) is 15.6. The van der Waals surface area contributed by atoms with Gasteiger partial charge >= 0.3 is 20.8 Å². The third-order valence-corrected chi connectivity index (χ3v) is 36.2. The van der Waals surface area contributed by atoms with Gasteiger partial charge in [-0.25, -0.2) is 30.0 Å². The van der Waals surface area contributed by atoms with Gasteiger partial charge in [-0.05, 0) is 119 Å². The summed E-state index contributed by atoms with van der Waals surface area (Å²) < 4.78 is 111. The number of hydrogen-bond acceptors (Lipinski definition) is 16. The van der Waals surface area contributed by atoms with Gasteiger partial charge in [-0.1, -0.05) is 272 Å². The number of rotatable bonds is 32. The summed E-state index contributed by atoms with van der Waals surface area (Å²) in [5, 5.41) is 4.49. The van der Waals surface area contributed by atoms with E-state index in [0.29, 0.717) is 170 Å². The second-order valence-electron chi connectivity index (χ2n) is 31.9. The molecule has 0 unspecified atom stereocenters. The molecule has 598 valence electrons. The van der Waals surface area contributed by atoms with Gasteiger partial charge in [0.15, 0.2) is 40.0 Å². The van der Waals surface area contributed by atoms with E-state index >= 15 is 0 Å². The molecule has 0 aliphatic carbocycles. The topological polar surface area (TPSA) is 264 Å². The van der Waals surface area contributed by atoms with Gasteiger partial charge in [-0.3, -0.25) is 27.2 Å². The van der Waals surface area contributed by atoms with Crippen LogP contribution in [0, 0.1) is 0 Å². The summed E-state index contributed by atoms with van der Waals surface area (Å²) in [4.78, 5) is 59.5. The minimum atomic E-state index is -5.31. The van der Waals surface area contributed by atoms with Crippen LogP contribution in [-0.2, 0) is 47.5 Å². The molecule has 2 aromatic heterocycles. The maximum atomic E-state index is 14.0. The number of amidine groups is 4. The van der Waals surface area contributed by atoms with Gasteiger partial charge in [0, 0.05) is 78.9 Å². The number of benzene rings is 10. The average Bonchev–Trinajstić information content (AvgIpc) is 1.51. The first-order chi connectivity index (χ1) is 56.5. The number of methoxy groups -OCH3 is 2. The molecule has 0 fully saturated rings. The Morgan fingerprint density at radius 1 is 0.350 bits per heavy atom. The molecule has 10 aromatic carbocycles. The molecule has 25 heteroatoms. The van der Waals surface area contributed by atoms with E-state index in [9.17, 15) is 35.5 Å². The zero-order valence-corrected chi connectivity index (χ0v) is 71.3. The first-order valence-corrected chi connectivity index (χ1v) is 51.4. The second-order valence-corrected chi connectivity index (χ2v) is 46.4. The lowest BCUT2D eigenvalue weighted by Crippen LogP contribution is -2.70. The Labute approximate surface area is 684 Å². The highest BCUT2D eigenvalue weighted by molar-refractivity contribution is 7.86. The van der Waals surface area contributed by atoms with Gasteiger partial charge in [0.2, 0.25) is 0 Å². The van der Waals surface area contributed by atoms with Crippen molar-refractivity contribution in [3.63, 3.8) is 0 Å². The molecule has 0 saturated carbocycles. The molecule has 117 heavy (non-hydrogen) atoms. The van der Waals surface area contributed by atoms with Gasteiger partial charge in [-0.2, -0.15) is 16.8 Å². The Balaban J connectivity index is 1.11. The van der Waals surface area contributed by atoms with Crippen molar-refractivity contribution >= 4 is 136 Å². The van der Waals surface area contributed by atoms with Crippen LogP contribution in [0.15, 0.2) is 246 Å². The molecule has 20 nitrogen and oxygen atoms in total. The number of esters is 2. The monoisotopic (exact) mass is 1650 g/mol. The van der Waals surface area contributed by atoms with Crippen LogP contribution in [-0.4, -0.2) is 109 Å². The van der Waals surface area contributed by atoms with E-state index in [2.05, 4.69) is 34.7 Å². The van der Waals surface area contributed by atoms with Crippen LogP contribution in [0.3, 0.4) is 0 Å². The Morgan fingerprint density at radius 2 is 0.641 bits per heavy atom. The van der Waals surface area contributed by atoms with Crippen LogP contribution in [0.1, 0.15) is 138 Å². The van der Waals surface area contributed by atoms with Crippen LogP contribution in [0.2, 0.25) is 38.3 Å². The van der Waals surface area contributed by atoms with Crippen molar-refractivity contribution in [2.45, 2.75) is 164 Å². The van der Waals surface area contributed by atoms with Crippen molar-refractivity contribution in [2.24, 2.45) is 30.0 Å². The van der Waals surface area contributed by atoms with E-state index in [1.165, 1.54) is 26.4 Å². The highest BCUT2D eigenvalue weighted by Crippen LogP contribution is 2.56. The lowest BCUT2D eigenvalue weighted by atomic mass is 9.87. The number of aromatic nitrogens is 2. The van der Waals surface area contributed by atoms with E-state index in [1.807, 2.05) is 170 Å². The van der Waals surface area contributed by atoms with Crippen molar-refractivity contribution in [1.82, 2.24) is 8.47 Å². The minimum Gasteiger partial charge on any atom is -0.469 e. The summed E-state index contributed by atoms with van der Waals surface area (Å²) in [5.74, 6) is 1.54. The van der Waals surface area contributed by atoms with Crippen LogP contribution >= 0.6 is 0 Å². The number of carbonyl (C=O) groups excluding carboxylic acids is 2. The molecule has 16 rings (SSSR count). The fourth-order valence-corrected chi connectivity index (χ4v) is 31.1. The van der Waals surface area contributed by atoms with Crippen molar-refractivity contribution in [3.05, 3.63) is 239 Å². The Hall–Kier alpha value is -10.6. The van der Waals surface area contributed by atoms with Crippen LogP contribution in [0.25, 0.3) is 87.6 Å². The van der Waals surface area contributed by atoms with Gasteiger partial charge < -0.3 is 17.7 Å². The zero-order valence-electron chi connectivity index (χ0n) is 66.6. The third-order valence-electron chi connectivity index (χ3n) is 22.9. The molecule has 0 radical (unpaired) electrons. The Bertz CT molecular complexity index is 6380. The smallest absolute Gasteiger partial charge is 0.469 e. The highest BCUT2D eigenvalue weighted by atomic mass is 32.2. The number of ether oxygens (including phenoxy) is 2. The van der Waals surface area contributed by atoms with Gasteiger partial charge in [-0.15, -0.1) is 0 Å². The van der Waals surface area contributed by atoms with E-state index in [1.54, 1.807) is 24.3 Å². The van der Waals surface area contributed by atoms with Gasteiger partial charge in [0.25, 0.3) is 20.2 Å². The standard InChI is InChI=1S/C92H94N8O12S2Si3/c1-109-75(101)51-31-15-11-7-9-13-17-37-57-115(3,4)111-117(112-116(5,6)58-38-18-14-10-8-12-16-32-52-76(102)110-2)99-89-81-77(61-39-23-19-24-40-61)67-55-53-65(113(103,104)105)59-73(67)79(63-43-27-21-28-44-63)83(81)91(99)97-87-72-50-36-34-48-70(72)86(94-87)96-90-82-78(62-41-25-20-26-42-62)68-56-54-66(114(106,107)108)60-74(68)80(64-45-29-22-30-46-64)84(82)92(100(90)117)98-88-71-49-35-33-47-69(71)85(93-88)95-89/h19-30,33-36,39-50,53-56,59-60H,7-18,31-32,37-38,51-52,57-58H2,1-6H3,(H,103,104,105)(H,106,107,108). The SMILES string of the molecule is COC(=O)CCCCCCCCCC[Si](C)(C)O[Si]1(O[Si](C)(C)CCCCCCCCCCC(=O)OC)n2c3c4c(-c5ccccc5)c5cc(S(=O)(=O)O)ccc5c(-c5ccccc5)c4c2N=C2N=C(N=c4c5c(-c6ccccc6)c6cc(S(=O)(=O)O)ccc6c(-c6ccccc6)c5c(n41)=NC1=NC(=N3)c3ccccc31)c1ccccc12. The maximum absolute atomic E-state index is 14.0. The molecule has 6 heterocycles. The highest BCUT2D eigenvalue weighted by Gasteiger charge is 2.59. The van der Waals surface area contributed by atoms with E-state index < -0.39 is 45.8 Å². The van der Waals surface area contributed by atoms with Crippen molar-refractivity contribution in [1.29, 1.82) is 0 Å². The van der Waals surface area contributed by atoms with E-state index in [4.69, 9.17) is 47.7 Å². The summed E-state index contributed by atoms with van der Waals surface area (Å²) in [7, 11) is -19.0. The lowest BCUT2D eigenvalue weighted by Gasteiger charge is -2.43.